The highest BCUT2D eigenvalue weighted by Gasteiger charge is 2.16. The van der Waals surface area contributed by atoms with Gasteiger partial charge in [-0.2, -0.15) is 0 Å². The summed E-state index contributed by atoms with van der Waals surface area (Å²) in [6.07, 6.45) is 4.08. The molecule has 0 fully saturated rings. The second-order valence-corrected chi connectivity index (χ2v) is 4.78. The highest BCUT2D eigenvalue weighted by atomic mass is 16.5. The average molecular weight is 285 g/mol. The van der Waals surface area contributed by atoms with E-state index in [0.717, 1.165) is 17.7 Å². The summed E-state index contributed by atoms with van der Waals surface area (Å²) in [7, 11) is 1.52. The molecule has 2 aromatic heterocycles. The molecular weight excluding hydrogens is 266 g/mol. The van der Waals surface area contributed by atoms with Crippen LogP contribution < -0.4 is 10.1 Å². The number of carbonyl (C=O) groups excluding carboxylic acids is 1. The molecule has 0 radical (unpaired) electrons. The van der Waals surface area contributed by atoms with Crippen molar-refractivity contribution in [3.63, 3.8) is 0 Å². The van der Waals surface area contributed by atoms with Gasteiger partial charge < -0.3 is 10.1 Å². The minimum absolute atomic E-state index is 0.114. The number of pyridine rings is 2. The van der Waals surface area contributed by atoms with Crippen molar-refractivity contribution in [1.82, 2.24) is 15.3 Å². The van der Waals surface area contributed by atoms with Crippen molar-refractivity contribution in [3.05, 3.63) is 53.5 Å². The molecule has 2 rings (SSSR count). The Hall–Kier alpha value is -2.43. The first-order chi connectivity index (χ1) is 10.1. The van der Waals surface area contributed by atoms with Crippen LogP contribution in [0.3, 0.4) is 0 Å². The topological polar surface area (TPSA) is 64.1 Å². The van der Waals surface area contributed by atoms with Crippen LogP contribution in [0.2, 0.25) is 0 Å². The summed E-state index contributed by atoms with van der Waals surface area (Å²) < 4.78 is 5.03. The van der Waals surface area contributed by atoms with E-state index < -0.39 is 0 Å². The van der Waals surface area contributed by atoms with Gasteiger partial charge in [-0.1, -0.05) is 6.92 Å². The van der Waals surface area contributed by atoms with E-state index in [9.17, 15) is 4.79 Å². The molecule has 1 N–H and O–H groups in total. The van der Waals surface area contributed by atoms with Gasteiger partial charge in [-0.15, -0.1) is 0 Å². The summed E-state index contributed by atoms with van der Waals surface area (Å²) in [6.45, 7) is 4.02. The van der Waals surface area contributed by atoms with E-state index in [1.54, 1.807) is 24.5 Å². The zero-order chi connectivity index (χ0) is 15.2. The third-order valence-corrected chi connectivity index (χ3v) is 3.21. The van der Waals surface area contributed by atoms with E-state index in [-0.39, 0.29) is 11.9 Å². The van der Waals surface area contributed by atoms with Gasteiger partial charge in [-0.3, -0.25) is 9.78 Å². The first kappa shape index (κ1) is 15.0. The van der Waals surface area contributed by atoms with E-state index >= 15 is 0 Å². The summed E-state index contributed by atoms with van der Waals surface area (Å²) >= 11 is 0. The van der Waals surface area contributed by atoms with Crippen LogP contribution in [0.25, 0.3) is 0 Å². The Kier molecular flexibility index (Phi) is 4.87. The summed E-state index contributed by atoms with van der Waals surface area (Å²) in [5.41, 5.74) is 2.51. The van der Waals surface area contributed by atoms with Crippen LogP contribution >= 0.6 is 0 Å². The standard InChI is InChI=1S/C16H19N3O2/c1-4-13(14-9-11(2)5-7-17-14)19-16(20)12-6-8-18-15(10-12)21-3/h5-10,13H,4H2,1-3H3,(H,19,20). The number of hydrogen-bond donors (Lipinski definition) is 1. The summed E-state index contributed by atoms with van der Waals surface area (Å²) in [4.78, 5) is 20.7. The molecule has 0 saturated carbocycles. The normalized spacial score (nSPS) is 11.8. The predicted octanol–water partition coefficient (Wildman–Crippen LogP) is 2.67. The number of carbonyl (C=O) groups is 1. The monoisotopic (exact) mass is 285 g/mol. The van der Waals surface area contributed by atoms with Crippen LogP contribution in [0.1, 0.15) is 41.0 Å². The van der Waals surface area contributed by atoms with E-state index in [4.69, 9.17) is 4.74 Å². The van der Waals surface area contributed by atoms with Gasteiger partial charge in [-0.05, 0) is 37.1 Å². The quantitative estimate of drug-likeness (QED) is 0.917. The lowest BCUT2D eigenvalue weighted by Gasteiger charge is -2.17. The van der Waals surface area contributed by atoms with Gasteiger partial charge in [0.15, 0.2) is 0 Å². The lowest BCUT2D eigenvalue weighted by molar-refractivity contribution is 0.0934. The average Bonchev–Trinajstić information content (AvgIpc) is 2.52. The zero-order valence-corrected chi connectivity index (χ0v) is 12.5. The third kappa shape index (κ3) is 3.78. The SMILES string of the molecule is CCC(NC(=O)c1ccnc(OC)c1)c1cc(C)ccn1. The molecule has 0 bridgehead atoms. The molecular formula is C16H19N3O2. The highest BCUT2D eigenvalue weighted by molar-refractivity contribution is 5.94. The smallest absolute Gasteiger partial charge is 0.252 e. The fraction of sp³-hybridized carbons (Fsp3) is 0.312. The van der Waals surface area contributed by atoms with Gasteiger partial charge in [0.2, 0.25) is 5.88 Å². The lowest BCUT2D eigenvalue weighted by atomic mass is 10.1. The van der Waals surface area contributed by atoms with Crippen molar-refractivity contribution in [2.75, 3.05) is 7.11 Å². The number of rotatable bonds is 5. The molecule has 0 spiro atoms. The molecule has 1 unspecified atom stereocenters. The Balaban J connectivity index is 2.16. The van der Waals surface area contributed by atoms with Crippen molar-refractivity contribution < 1.29 is 9.53 Å². The van der Waals surface area contributed by atoms with Gasteiger partial charge in [-0.25, -0.2) is 4.98 Å². The number of nitrogens with one attached hydrogen (secondary N) is 1. The summed E-state index contributed by atoms with van der Waals surface area (Å²) in [6, 6.07) is 7.09. The second kappa shape index (κ2) is 6.83. The first-order valence-electron chi connectivity index (χ1n) is 6.87. The van der Waals surface area contributed by atoms with Crippen LogP contribution in [0, 0.1) is 6.92 Å². The Morgan fingerprint density at radius 3 is 2.71 bits per heavy atom. The van der Waals surface area contributed by atoms with E-state index in [0.29, 0.717) is 11.4 Å². The first-order valence-corrected chi connectivity index (χ1v) is 6.87. The number of nitrogens with zero attached hydrogens (tertiary/aromatic N) is 2. The molecule has 0 aromatic carbocycles. The van der Waals surface area contributed by atoms with Crippen molar-refractivity contribution in [1.29, 1.82) is 0 Å². The number of aromatic nitrogens is 2. The van der Waals surface area contributed by atoms with Gasteiger partial charge in [0.1, 0.15) is 0 Å². The molecule has 0 aliphatic rings. The third-order valence-electron chi connectivity index (χ3n) is 3.21. The largest absolute Gasteiger partial charge is 0.481 e. The number of methoxy groups -OCH3 is 1. The van der Waals surface area contributed by atoms with Crippen molar-refractivity contribution in [3.8, 4) is 5.88 Å². The predicted molar refractivity (Wildman–Crippen MR) is 80.3 cm³/mol. The molecule has 5 heteroatoms. The van der Waals surface area contributed by atoms with Gasteiger partial charge >= 0.3 is 0 Å². The minimum atomic E-state index is -0.161. The Morgan fingerprint density at radius 1 is 1.29 bits per heavy atom. The van der Waals surface area contributed by atoms with Crippen LogP contribution in [0.15, 0.2) is 36.7 Å². The molecule has 0 saturated heterocycles. The number of aryl methyl sites for hydroxylation is 1. The maximum Gasteiger partial charge on any atom is 0.252 e. The fourth-order valence-electron chi connectivity index (χ4n) is 2.04. The van der Waals surface area contributed by atoms with Crippen LogP contribution in [0.4, 0.5) is 0 Å². The maximum absolute atomic E-state index is 12.3. The fourth-order valence-corrected chi connectivity index (χ4v) is 2.04. The van der Waals surface area contributed by atoms with Crippen LogP contribution in [0.5, 0.6) is 5.88 Å². The lowest BCUT2D eigenvalue weighted by Crippen LogP contribution is -2.28. The zero-order valence-electron chi connectivity index (χ0n) is 12.5. The van der Waals surface area contributed by atoms with Crippen molar-refractivity contribution in [2.45, 2.75) is 26.3 Å². The molecule has 1 amide bonds. The molecule has 21 heavy (non-hydrogen) atoms. The van der Waals surface area contributed by atoms with E-state index in [1.165, 1.54) is 7.11 Å². The Labute approximate surface area is 124 Å². The van der Waals surface area contributed by atoms with E-state index in [1.807, 2.05) is 26.0 Å². The van der Waals surface area contributed by atoms with Crippen LogP contribution in [-0.2, 0) is 0 Å². The van der Waals surface area contributed by atoms with Gasteiger partial charge in [0.05, 0.1) is 18.8 Å². The van der Waals surface area contributed by atoms with Gasteiger partial charge in [0, 0.05) is 24.0 Å². The summed E-state index contributed by atoms with van der Waals surface area (Å²) in [5, 5.41) is 2.99. The van der Waals surface area contributed by atoms with E-state index in [2.05, 4.69) is 15.3 Å². The van der Waals surface area contributed by atoms with Crippen molar-refractivity contribution >= 4 is 5.91 Å². The number of hydrogen-bond acceptors (Lipinski definition) is 4. The molecule has 2 aromatic rings. The number of ether oxygens (including phenoxy) is 1. The highest BCUT2D eigenvalue weighted by Crippen LogP contribution is 2.17. The molecule has 1 atom stereocenters. The molecule has 5 nitrogen and oxygen atoms in total. The molecule has 2 heterocycles. The Morgan fingerprint density at radius 2 is 2.05 bits per heavy atom. The maximum atomic E-state index is 12.3. The second-order valence-electron chi connectivity index (χ2n) is 4.78. The summed E-state index contributed by atoms with van der Waals surface area (Å²) in [5.74, 6) is 0.259. The number of amides is 1. The van der Waals surface area contributed by atoms with Crippen molar-refractivity contribution in [2.24, 2.45) is 0 Å². The Bertz CT molecular complexity index is 628. The minimum Gasteiger partial charge on any atom is -0.481 e. The molecule has 0 aliphatic heterocycles. The molecule has 110 valence electrons. The van der Waals surface area contributed by atoms with Crippen LogP contribution in [-0.4, -0.2) is 23.0 Å². The molecule has 0 aliphatic carbocycles. The van der Waals surface area contributed by atoms with Gasteiger partial charge in [0.25, 0.3) is 5.91 Å².